The Morgan fingerprint density at radius 1 is 1.29 bits per heavy atom. The molecule has 2 aromatic heterocycles. The summed E-state index contributed by atoms with van der Waals surface area (Å²) in [5.41, 5.74) is 4.62. The van der Waals surface area contributed by atoms with Crippen LogP contribution in [0.1, 0.15) is 29.8 Å². The van der Waals surface area contributed by atoms with Crippen LogP contribution in [0, 0.1) is 13.8 Å². The van der Waals surface area contributed by atoms with Crippen LogP contribution in [-0.4, -0.2) is 58.4 Å². The summed E-state index contributed by atoms with van der Waals surface area (Å²) < 4.78 is 25.2. The van der Waals surface area contributed by atoms with E-state index in [-0.39, 0.29) is 23.5 Å². The van der Waals surface area contributed by atoms with Gasteiger partial charge in [-0.05, 0) is 44.4 Å². The van der Waals surface area contributed by atoms with Crippen molar-refractivity contribution in [3.05, 3.63) is 41.2 Å². The Morgan fingerprint density at radius 3 is 2.75 bits per heavy atom. The Hall–Kier alpha value is -2.48. The molecule has 0 N–H and O–H groups in total. The van der Waals surface area contributed by atoms with Gasteiger partial charge in [0.25, 0.3) is 0 Å². The van der Waals surface area contributed by atoms with Crippen LogP contribution in [0.4, 0.5) is 0 Å². The minimum absolute atomic E-state index is 0.0355. The van der Waals surface area contributed by atoms with Crippen molar-refractivity contribution in [1.29, 1.82) is 0 Å². The largest absolute Gasteiger partial charge is 0.342 e. The number of rotatable bonds is 4. The van der Waals surface area contributed by atoms with Gasteiger partial charge in [-0.1, -0.05) is 12.1 Å². The lowest BCUT2D eigenvalue weighted by Gasteiger charge is -2.23. The minimum Gasteiger partial charge on any atom is -0.342 e. The van der Waals surface area contributed by atoms with Crippen LogP contribution < -0.4 is 0 Å². The topological polar surface area (TPSA) is 84.6 Å². The summed E-state index contributed by atoms with van der Waals surface area (Å²) >= 11 is 0. The van der Waals surface area contributed by atoms with Gasteiger partial charge in [0.2, 0.25) is 5.91 Å². The first kappa shape index (κ1) is 18.9. The lowest BCUT2D eigenvalue weighted by atomic mass is 10.1. The van der Waals surface area contributed by atoms with Gasteiger partial charge in [0, 0.05) is 36.3 Å². The molecule has 148 valence electrons. The second kappa shape index (κ2) is 6.84. The van der Waals surface area contributed by atoms with Gasteiger partial charge in [-0.15, -0.1) is 0 Å². The van der Waals surface area contributed by atoms with Gasteiger partial charge in [-0.25, -0.2) is 17.9 Å². The summed E-state index contributed by atoms with van der Waals surface area (Å²) in [6.45, 7) is 3.96. The van der Waals surface area contributed by atoms with Gasteiger partial charge in [0.15, 0.2) is 15.5 Å². The van der Waals surface area contributed by atoms with E-state index in [0.29, 0.717) is 19.3 Å². The standard InChI is InChI=1S/C20H24N4O3S/c1-13-16(8-9-19(25)23(3)15-10-11-28(26,27)12-15)14(2)24-20(21-13)17-6-4-5-7-18(17)22-24/h4-7,15H,8-12H2,1-3H3/t15-/m1/s1. The predicted molar refractivity (Wildman–Crippen MR) is 108 cm³/mol. The SMILES string of the molecule is Cc1nc2c3ccccc3nn2c(C)c1CCC(=O)N(C)[C@@H]1CCS(=O)(=O)C1. The molecule has 1 aromatic carbocycles. The predicted octanol–water partition coefficient (Wildman–Crippen LogP) is 2.08. The van der Waals surface area contributed by atoms with Gasteiger partial charge >= 0.3 is 0 Å². The number of carbonyl (C=O) groups excluding carboxylic acids is 1. The van der Waals surface area contributed by atoms with Crippen molar-refractivity contribution >= 4 is 32.3 Å². The van der Waals surface area contributed by atoms with E-state index in [0.717, 1.165) is 33.5 Å². The van der Waals surface area contributed by atoms with Crippen LogP contribution in [-0.2, 0) is 21.1 Å². The maximum atomic E-state index is 12.6. The highest BCUT2D eigenvalue weighted by Crippen LogP contribution is 2.23. The zero-order valence-electron chi connectivity index (χ0n) is 16.3. The number of nitrogens with zero attached hydrogens (tertiary/aromatic N) is 4. The molecular weight excluding hydrogens is 376 g/mol. The maximum Gasteiger partial charge on any atom is 0.222 e. The first-order chi connectivity index (χ1) is 13.3. The second-order valence-corrected chi connectivity index (χ2v) is 9.80. The summed E-state index contributed by atoms with van der Waals surface area (Å²) in [7, 11) is -1.30. The Bertz CT molecular complexity index is 1180. The molecule has 28 heavy (non-hydrogen) atoms. The van der Waals surface area contributed by atoms with Crippen LogP contribution in [0.2, 0.25) is 0 Å². The molecule has 1 aliphatic heterocycles. The number of carbonyl (C=O) groups is 1. The monoisotopic (exact) mass is 400 g/mol. The molecular formula is C20H24N4O3S. The molecule has 8 heteroatoms. The van der Waals surface area contributed by atoms with Crippen molar-refractivity contribution in [1.82, 2.24) is 19.5 Å². The summed E-state index contributed by atoms with van der Waals surface area (Å²) in [4.78, 5) is 19.0. The number of aromatic nitrogens is 3. The van der Waals surface area contributed by atoms with Gasteiger partial charge in [-0.3, -0.25) is 4.79 Å². The van der Waals surface area contributed by atoms with Gasteiger partial charge in [0.1, 0.15) is 0 Å². The zero-order chi connectivity index (χ0) is 20.1. The molecule has 4 rings (SSSR count). The highest BCUT2D eigenvalue weighted by Gasteiger charge is 2.32. The van der Waals surface area contributed by atoms with E-state index >= 15 is 0 Å². The van der Waals surface area contributed by atoms with Gasteiger partial charge in [-0.2, -0.15) is 5.10 Å². The lowest BCUT2D eigenvalue weighted by Crippen LogP contribution is -2.38. The molecule has 1 fully saturated rings. The summed E-state index contributed by atoms with van der Waals surface area (Å²) in [6, 6.07) is 7.69. The first-order valence-corrected chi connectivity index (χ1v) is 11.3. The molecule has 0 aliphatic carbocycles. The summed E-state index contributed by atoms with van der Waals surface area (Å²) in [6.07, 6.45) is 1.40. The van der Waals surface area contributed by atoms with Crippen molar-refractivity contribution in [3.8, 4) is 0 Å². The molecule has 1 aliphatic rings. The number of sulfone groups is 1. The van der Waals surface area contributed by atoms with Crippen molar-refractivity contribution in [2.45, 2.75) is 39.2 Å². The van der Waals surface area contributed by atoms with E-state index in [1.807, 2.05) is 42.6 Å². The van der Waals surface area contributed by atoms with E-state index < -0.39 is 9.84 Å². The number of fused-ring (bicyclic) bond motifs is 3. The zero-order valence-corrected chi connectivity index (χ0v) is 17.2. The molecule has 7 nitrogen and oxygen atoms in total. The quantitative estimate of drug-likeness (QED) is 0.669. The number of amides is 1. The van der Waals surface area contributed by atoms with Crippen molar-refractivity contribution < 1.29 is 13.2 Å². The van der Waals surface area contributed by atoms with Crippen LogP contribution in [0.3, 0.4) is 0 Å². The molecule has 0 radical (unpaired) electrons. The highest BCUT2D eigenvalue weighted by atomic mass is 32.2. The van der Waals surface area contributed by atoms with E-state index in [2.05, 4.69) is 5.10 Å². The third-order valence-electron chi connectivity index (χ3n) is 5.76. The van der Waals surface area contributed by atoms with E-state index in [9.17, 15) is 13.2 Å². The number of benzene rings is 1. The average Bonchev–Trinajstić information content (AvgIpc) is 3.21. The fourth-order valence-electron chi connectivity index (χ4n) is 4.03. The van der Waals surface area contributed by atoms with Crippen LogP contribution >= 0.6 is 0 Å². The van der Waals surface area contributed by atoms with Crippen molar-refractivity contribution in [2.24, 2.45) is 0 Å². The smallest absolute Gasteiger partial charge is 0.222 e. The summed E-state index contributed by atoms with van der Waals surface area (Å²) in [5.74, 6) is 0.202. The Labute approximate surface area is 164 Å². The molecule has 0 bridgehead atoms. The lowest BCUT2D eigenvalue weighted by molar-refractivity contribution is -0.131. The Kier molecular flexibility index (Phi) is 4.61. The van der Waals surface area contributed by atoms with Crippen LogP contribution in [0.5, 0.6) is 0 Å². The van der Waals surface area contributed by atoms with E-state index in [1.54, 1.807) is 11.9 Å². The highest BCUT2D eigenvalue weighted by molar-refractivity contribution is 7.91. The number of hydrogen-bond donors (Lipinski definition) is 0. The third-order valence-corrected chi connectivity index (χ3v) is 7.51. The van der Waals surface area contributed by atoms with Crippen molar-refractivity contribution in [2.75, 3.05) is 18.6 Å². The molecule has 1 atom stereocenters. The molecule has 0 unspecified atom stereocenters. The van der Waals surface area contributed by atoms with Gasteiger partial charge < -0.3 is 4.90 Å². The Balaban J connectivity index is 1.56. The Morgan fingerprint density at radius 2 is 2.04 bits per heavy atom. The fraction of sp³-hybridized carbons (Fsp3) is 0.450. The molecule has 3 aromatic rings. The molecule has 3 heterocycles. The average molecular weight is 401 g/mol. The second-order valence-electron chi connectivity index (χ2n) is 7.58. The number of aryl methyl sites for hydroxylation is 2. The molecule has 0 saturated carbocycles. The fourth-order valence-corrected chi connectivity index (χ4v) is 5.81. The van der Waals surface area contributed by atoms with Crippen LogP contribution in [0.25, 0.3) is 16.6 Å². The first-order valence-electron chi connectivity index (χ1n) is 9.46. The maximum absolute atomic E-state index is 12.6. The van der Waals surface area contributed by atoms with E-state index in [4.69, 9.17) is 4.98 Å². The minimum atomic E-state index is -3.01. The summed E-state index contributed by atoms with van der Waals surface area (Å²) in [5, 5.41) is 5.66. The third kappa shape index (κ3) is 3.26. The molecule has 0 spiro atoms. The molecule has 1 saturated heterocycles. The number of hydrogen-bond acceptors (Lipinski definition) is 5. The van der Waals surface area contributed by atoms with Crippen molar-refractivity contribution in [3.63, 3.8) is 0 Å². The molecule has 1 amide bonds. The van der Waals surface area contributed by atoms with Crippen LogP contribution in [0.15, 0.2) is 24.3 Å². The van der Waals surface area contributed by atoms with E-state index in [1.165, 1.54) is 0 Å². The normalized spacial score (nSPS) is 18.8. The van der Waals surface area contributed by atoms with Gasteiger partial charge in [0.05, 0.1) is 17.0 Å².